The van der Waals surface area contributed by atoms with Crippen molar-refractivity contribution in [3.8, 4) is 0 Å². The second-order valence-corrected chi connectivity index (χ2v) is 4.82. The molecule has 0 saturated carbocycles. The molecule has 0 aliphatic heterocycles. The topological polar surface area (TPSA) is 25.2 Å². The van der Waals surface area contributed by atoms with Crippen LogP contribution >= 0.6 is 0 Å². The van der Waals surface area contributed by atoms with E-state index in [0.29, 0.717) is 12.1 Å². The fourth-order valence-electron chi connectivity index (χ4n) is 2.16. The summed E-state index contributed by atoms with van der Waals surface area (Å²) < 4.78 is 5.35. The Balaban J connectivity index is 1.78. The maximum Gasteiger partial charge on any atom is 0.103 e. The molecule has 0 aliphatic carbocycles. The van der Waals surface area contributed by atoms with Crippen LogP contribution in [-0.2, 0) is 6.42 Å². The van der Waals surface area contributed by atoms with Gasteiger partial charge in [-0.2, -0.15) is 0 Å². The minimum atomic E-state index is 0.387. The first-order valence-electron chi connectivity index (χ1n) is 6.59. The maximum atomic E-state index is 5.35. The van der Waals surface area contributed by atoms with Gasteiger partial charge in [0.05, 0.1) is 6.26 Å². The van der Waals surface area contributed by atoms with Crippen LogP contribution in [0.5, 0.6) is 0 Å². The van der Waals surface area contributed by atoms with Crippen molar-refractivity contribution in [3.05, 3.63) is 60.1 Å². The lowest BCUT2D eigenvalue weighted by Gasteiger charge is -2.20. The Hall–Kier alpha value is -1.54. The van der Waals surface area contributed by atoms with Crippen LogP contribution in [0.4, 0.5) is 0 Å². The molecule has 0 saturated heterocycles. The molecule has 2 heteroatoms. The van der Waals surface area contributed by atoms with E-state index >= 15 is 0 Å². The zero-order chi connectivity index (χ0) is 12.8. The lowest BCUT2D eigenvalue weighted by atomic mass is 10.1. The summed E-state index contributed by atoms with van der Waals surface area (Å²) in [7, 11) is 0. The summed E-state index contributed by atoms with van der Waals surface area (Å²) in [5.74, 6) is 1.07. The van der Waals surface area contributed by atoms with Gasteiger partial charge in [0.2, 0.25) is 0 Å². The number of nitrogens with one attached hydrogen (secondary N) is 1. The van der Waals surface area contributed by atoms with Crippen molar-refractivity contribution < 1.29 is 4.42 Å². The van der Waals surface area contributed by atoms with Gasteiger partial charge in [-0.3, -0.25) is 0 Å². The maximum absolute atomic E-state index is 5.35. The number of benzene rings is 1. The lowest BCUT2D eigenvalue weighted by molar-refractivity contribution is 0.430. The van der Waals surface area contributed by atoms with Crippen LogP contribution in [0.15, 0.2) is 53.1 Å². The monoisotopic (exact) mass is 243 g/mol. The number of hydrogen-bond acceptors (Lipinski definition) is 2. The lowest BCUT2D eigenvalue weighted by Crippen LogP contribution is -2.29. The van der Waals surface area contributed by atoms with Crippen LogP contribution in [0, 0.1) is 0 Å². The van der Waals surface area contributed by atoms with Crippen LogP contribution in [-0.4, -0.2) is 6.04 Å². The summed E-state index contributed by atoms with van der Waals surface area (Å²) in [4.78, 5) is 0. The third-order valence-electron chi connectivity index (χ3n) is 3.24. The van der Waals surface area contributed by atoms with E-state index in [9.17, 15) is 0 Å². The molecule has 1 heterocycles. The largest absolute Gasteiger partial charge is 0.469 e. The van der Waals surface area contributed by atoms with E-state index in [0.717, 1.165) is 18.6 Å². The van der Waals surface area contributed by atoms with Gasteiger partial charge in [-0.25, -0.2) is 0 Å². The van der Waals surface area contributed by atoms with E-state index in [1.54, 1.807) is 6.26 Å². The van der Waals surface area contributed by atoms with Crippen LogP contribution in [0.1, 0.15) is 37.6 Å². The van der Waals surface area contributed by atoms with E-state index in [4.69, 9.17) is 4.42 Å². The molecule has 0 bridgehead atoms. The molecule has 1 aromatic heterocycles. The minimum Gasteiger partial charge on any atom is -0.469 e. The molecule has 2 nitrogen and oxygen atoms in total. The van der Waals surface area contributed by atoms with Crippen molar-refractivity contribution in [1.29, 1.82) is 0 Å². The summed E-state index contributed by atoms with van der Waals surface area (Å²) in [6.07, 6.45) is 3.81. The van der Waals surface area contributed by atoms with Gasteiger partial charge in [0.1, 0.15) is 5.76 Å². The quantitative estimate of drug-likeness (QED) is 0.831. The molecule has 0 fully saturated rings. The van der Waals surface area contributed by atoms with Crippen LogP contribution in [0.2, 0.25) is 0 Å². The van der Waals surface area contributed by atoms with Crippen molar-refractivity contribution >= 4 is 0 Å². The molecule has 0 radical (unpaired) electrons. The smallest absolute Gasteiger partial charge is 0.103 e. The first kappa shape index (κ1) is 12.9. The summed E-state index contributed by atoms with van der Waals surface area (Å²) >= 11 is 0. The van der Waals surface area contributed by atoms with Crippen molar-refractivity contribution in [1.82, 2.24) is 5.32 Å². The molecule has 1 aromatic carbocycles. The first-order chi connectivity index (χ1) is 8.75. The molecule has 0 unspecified atom stereocenters. The molecule has 0 amide bonds. The molecule has 96 valence electrons. The summed E-state index contributed by atoms with van der Waals surface area (Å²) in [6.45, 7) is 4.43. The number of aryl methyl sites for hydroxylation is 1. The average Bonchev–Trinajstić information content (AvgIpc) is 2.90. The highest BCUT2D eigenvalue weighted by atomic mass is 16.3. The van der Waals surface area contributed by atoms with E-state index in [2.05, 4.69) is 49.5 Å². The van der Waals surface area contributed by atoms with Gasteiger partial charge in [0.25, 0.3) is 0 Å². The summed E-state index contributed by atoms with van der Waals surface area (Å²) in [6, 6.07) is 15.4. The fourth-order valence-corrected chi connectivity index (χ4v) is 2.16. The zero-order valence-electron chi connectivity index (χ0n) is 11.1. The van der Waals surface area contributed by atoms with Crippen LogP contribution in [0.25, 0.3) is 0 Å². The standard InChI is InChI=1S/C16H21NO/c1-13(10-11-16-9-6-12-18-16)17-14(2)15-7-4-3-5-8-15/h3-9,12-14,17H,10-11H2,1-2H3/t13-,14-/m0/s1. The summed E-state index contributed by atoms with van der Waals surface area (Å²) in [5, 5.41) is 3.62. The number of hydrogen-bond donors (Lipinski definition) is 1. The number of furan rings is 1. The van der Waals surface area contributed by atoms with E-state index in [1.165, 1.54) is 5.56 Å². The van der Waals surface area contributed by atoms with Crippen molar-refractivity contribution in [3.63, 3.8) is 0 Å². The van der Waals surface area contributed by atoms with Crippen molar-refractivity contribution in [2.24, 2.45) is 0 Å². The second-order valence-electron chi connectivity index (χ2n) is 4.82. The third kappa shape index (κ3) is 3.74. The van der Waals surface area contributed by atoms with Crippen molar-refractivity contribution in [2.75, 3.05) is 0 Å². The molecular weight excluding hydrogens is 222 g/mol. The Labute approximate surface area is 109 Å². The minimum absolute atomic E-state index is 0.387. The van der Waals surface area contributed by atoms with Gasteiger partial charge in [-0.1, -0.05) is 30.3 Å². The van der Waals surface area contributed by atoms with Gasteiger partial charge in [0.15, 0.2) is 0 Å². The number of rotatable bonds is 6. The van der Waals surface area contributed by atoms with Gasteiger partial charge in [-0.15, -0.1) is 0 Å². The zero-order valence-corrected chi connectivity index (χ0v) is 11.1. The van der Waals surface area contributed by atoms with Crippen LogP contribution in [0.3, 0.4) is 0 Å². The molecular formula is C16H21NO. The molecule has 0 aliphatic rings. The Bertz CT molecular complexity index is 435. The average molecular weight is 243 g/mol. The Morgan fingerprint density at radius 3 is 2.50 bits per heavy atom. The third-order valence-corrected chi connectivity index (χ3v) is 3.24. The second kappa shape index (κ2) is 6.41. The molecule has 1 N–H and O–H groups in total. The van der Waals surface area contributed by atoms with Crippen LogP contribution < -0.4 is 5.32 Å². The molecule has 2 rings (SSSR count). The Kier molecular flexibility index (Phi) is 4.59. The summed E-state index contributed by atoms with van der Waals surface area (Å²) in [5.41, 5.74) is 1.34. The first-order valence-corrected chi connectivity index (χ1v) is 6.59. The van der Waals surface area contributed by atoms with Gasteiger partial charge >= 0.3 is 0 Å². The molecule has 18 heavy (non-hydrogen) atoms. The van der Waals surface area contributed by atoms with E-state index < -0.39 is 0 Å². The SMILES string of the molecule is C[C@H](N[C@@H](C)CCc1ccco1)c1ccccc1. The highest BCUT2D eigenvalue weighted by Crippen LogP contribution is 2.13. The predicted octanol–water partition coefficient (Wildman–Crippen LogP) is 3.95. The fraction of sp³-hybridized carbons (Fsp3) is 0.375. The van der Waals surface area contributed by atoms with Gasteiger partial charge in [-0.05, 0) is 38.0 Å². The Morgan fingerprint density at radius 1 is 1.06 bits per heavy atom. The highest BCUT2D eigenvalue weighted by Gasteiger charge is 2.09. The van der Waals surface area contributed by atoms with E-state index in [-0.39, 0.29) is 0 Å². The highest BCUT2D eigenvalue weighted by molar-refractivity contribution is 5.18. The van der Waals surface area contributed by atoms with Gasteiger partial charge in [0, 0.05) is 18.5 Å². The van der Waals surface area contributed by atoms with Gasteiger partial charge < -0.3 is 9.73 Å². The van der Waals surface area contributed by atoms with E-state index in [1.807, 2.05) is 12.1 Å². The predicted molar refractivity (Wildman–Crippen MR) is 74.5 cm³/mol. The molecule has 2 atom stereocenters. The normalized spacial score (nSPS) is 14.3. The Morgan fingerprint density at radius 2 is 1.83 bits per heavy atom. The van der Waals surface area contributed by atoms with Crippen molar-refractivity contribution in [2.45, 2.75) is 38.8 Å². The molecule has 2 aromatic rings. The molecule has 0 spiro atoms.